The molecule has 23 heavy (non-hydrogen) atoms. The molecule has 2 aromatic carbocycles. The van der Waals surface area contributed by atoms with E-state index in [9.17, 15) is 14.0 Å². The molecule has 0 unspecified atom stereocenters. The quantitative estimate of drug-likeness (QED) is 0.892. The van der Waals surface area contributed by atoms with E-state index in [0.29, 0.717) is 11.4 Å². The third kappa shape index (κ3) is 3.34. The third-order valence-electron chi connectivity index (χ3n) is 3.31. The van der Waals surface area contributed by atoms with Gasteiger partial charge >= 0.3 is 0 Å². The van der Waals surface area contributed by atoms with E-state index < -0.39 is 11.7 Å². The highest BCUT2D eigenvalue weighted by atomic mass is 79.9. The number of benzene rings is 2. The van der Waals surface area contributed by atoms with Gasteiger partial charge in [0, 0.05) is 4.47 Å². The van der Waals surface area contributed by atoms with Crippen LogP contribution in [0.5, 0.6) is 5.75 Å². The van der Waals surface area contributed by atoms with Crippen LogP contribution in [0.4, 0.5) is 15.8 Å². The number of carbonyl (C=O) groups is 2. The van der Waals surface area contributed by atoms with Crippen LogP contribution in [0.25, 0.3) is 0 Å². The fourth-order valence-electron chi connectivity index (χ4n) is 2.25. The van der Waals surface area contributed by atoms with E-state index in [1.54, 1.807) is 24.3 Å². The monoisotopic (exact) mass is 378 g/mol. The molecule has 1 aliphatic heterocycles. The summed E-state index contributed by atoms with van der Waals surface area (Å²) in [4.78, 5) is 25.5. The first-order chi connectivity index (χ1) is 11.0. The minimum atomic E-state index is -0.529. The molecule has 0 bridgehead atoms. The van der Waals surface area contributed by atoms with Gasteiger partial charge in [0.25, 0.3) is 5.91 Å². The second kappa shape index (κ2) is 6.37. The van der Waals surface area contributed by atoms with Crippen molar-refractivity contribution in [2.24, 2.45) is 0 Å². The lowest BCUT2D eigenvalue weighted by Crippen LogP contribution is -2.43. The maximum Gasteiger partial charge on any atom is 0.265 e. The van der Waals surface area contributed by atoms with Gasteiger partial charge in [0.05, 0.1) is 11.4 Å². The summed E-state index contributed by atoms with van der Waals surface area (Å²) in [7, 11) is 0. The van der Waals surface area contributed by atoms with Crippen LogP contribution in [-0.4, -0.2) is 25.0 Å². The Morgan fingerprint density at radius 3 is 2.87 bits per heavy atom. The number of halogens is 2. The Morgan fingerprint density at radius 1 is 1.30 bits per heavy atom. The van der Waals surface area contributed by atoms with E-state index in [4.69, 9.17) is 4.74 Å². The largest absolute Gasteiger partial charge is 0.482 e. The molecule has 7 heteroatoms. The fraction of sp³-hybridized carbons (Fsp3) is 0.125. The van der Waals surface area contributed by atoms with Crippen LogP contribution in [0.3, 0.4) is 0 Å². The topological polar surface area (TPSA) is 58.6 Å². The zero-order valence-electron chi connectivity index (χ0n) is 11.9. The molecular formula is C16H12BrFN2O3. The van der Waals surface area contributed by atoms with Gasteiger partial charge in [-0.3, -0.25) is 14.5 Å². The molecule has 3 rings (SSSR count). The molecule has 0 fully saturated rings. The molecule has 118 valence electrons. The number of nitrogens with zero attached hydrogens (tertiary/aromatic N) is 1. The number of ether oxygens (including phenoxy) is 1. The molecule has 0 saturated carbocycles. The third-order valence-corrected chi connectivity index (χ3v) is 3.81. The van der Waals surface area contributed by atoms with Gasteiger partial charge in [-0.2, -0.15) is 0 Å². The lowest BCUT2D eigenvalue weighted by molar-refractivity contribution is -0.123. The molecule has 0 spiro atoms. The number of hydrogen-bond acceptors (Lipinski definition) is 3. The normalized spacial score (nSPS) is 13.3. The van der Waals surface area contributed by atoms with Crippen LogP contribution < -0.4 is 15.0 Å². The molecule has 2 aromatic rings. The van der Waals surface area contributed by atoms with Crippen molar-refractivity contribution in [3.63, 3.8) is 0 Å². The summed E-state index contributed by atoms with van der Waals surface area (Å²) in [6, 6.07) is 11.0. The highest BCUT2D eigenvalue weighted by Gasteiger charge is 2.27. The maximum absolute atomic E-state index is 13.6. The minimum Gasteiger partial charge on any atom is -0.482 e. The summed E-state index contributed by atoms with van der Waals surface area (Å²) in [5.74, 6) is -0.834. The SMILES string of the molecule is O=C(CN1C(=O)COc2cc(Br)ccc21)Nc1ccccc1F. The Bertz CT molecular complexity index is 782. The smallest absolute Gasteiger partial charge is 0.265 e. The van der Waals surface area contributed by atoms with Gasteiger partial charge in [0.1, 0.15) is 18.1 Å². The van der Waals surface area contributed by atoms with Gasteiger partial charge in [0.15, 0.2) is 6.61 Å². The van der Waals surface area contributed by atoms with Crippen LogP contribution in [0.2, 0.25) is 0 Å². The van der Waals surface area contributed by atoms with Gasteiger partial charge < -0.3 is 10.1 Å². The van der Waals surface area contributed by atoms with E-state index in [2.05, 4.69) is 21.2 Å². The minimum absolute atomic E-state index is 0.0780. The zero-order chi connectivity index (χ0) is 16.4. The molecule has 0 radical (unpaired) electrons. The van der Waals surface area contributed by atoms with Crippen molar-refractivity contribution < 1.29 is 18.7 Å². The summed E-state index contributed by atoms with van der Waals surface area (Å²) < 4.78 is 19.7. The number of rotatable bonds is 3. The predicted octanol–water partition coefficient (Wildman–Crippen LogP) is 2.95. The number of amides is 2. The molecular weight excluding hydrogens is 367 g/mol. The van der Waals surface area contributed by atoms with Crippen molar-refractivity contribution in [3.05, 3.63) is 52.8 Å². The predicted molar refractivity (Wildman–Crippen MR) is 87.0 cm³/mol. The van der Waals surface area contributed by atoms with Crippen LogP contribution in [-0.2, 0) is 9.59 Å². The number of hydrogen-bond donors (Lipinski definition) is 1. The molecule has 0 saturated heterocycles. The van der Waals surface area contributed by atoms with Crippen LogP contribution in [0, 0.1) is 5.82 Å². The molecule has 1 heterocycles. The second-order valence-electron chi connectivity index (χ2n) is 4.91. The first kappa shape index (κ1) is 15.5. The summed E-state index contributed by atoms with van der Waals surface area (Å²) in [5, 5.41) is 2.46. The fourth-order valence-corrected chi connectivity index (χ4v) is 2.59. The van der Waals surface area contributed by atoms with Crippen LogP contribution in [0.15, 0.2) is 46.9 Å². The number of nitrogens with one attached hydrogen (secondary N) is 1. The molecule has 0 atom stereocenters. The number of fused-ring (bicyclic) bond motifs is 1. The number of carbonyl (C=O) groups excluding carboxylic acids is 2. The highest BCUT2D eigenvalue weighted by Crippen LogP contribution is 2.34. The summed E-state index contributed by atoms with van der Waals surface area (Å²) in [6.45, 7) is -0.360. The zero-order valence-corrected chi connectivity index (χ0v) is 13.5. The first-order valence-electron chi connectivity index (χ1n) is 6.81. The Morgan fingerprint density at radius 2 is 2.09 bits per heavy atom. The van der Waals surface area contributed by atoms with E-state index >= 15 is 0 Å². The van der Waals surface area contributed by atoms with Crippen LogP contribution >= 0.6 is 15.9 Å². The van der Waals surface area contributed by atoms with Crippen molar-refractivity contribution in [1.82, 2.24) is 0 Å². The van der Waals surface area contributed by atoms with Crippen molar-refractivity contribution >= 4 is 39.1 Å². The van der Waals surface area contributed by atoms with E-state index in [1.165, 1.54) is 23.1 Å². The van der Waals surface area contributed by atoms with Crippen molar-refractivity contribution in [1.29, 1.82) is 0 Å². The summed E-state index contributed by atoms with van der Waals surface area (Å²) in [6.07, 6.45) is 0. The lowest BCUT2D eigenvalue weighted by Gasteiger charge is -2.29. The van der Waals surface area contributed by atoms with Gasteiger partial charge in [-0.1, -0.05) is 28.1 Å². The second-order valence-corrected chi connectivity index (χ2v) is 5.82. The van der Waals surface area contributed by atoms with Gasteiger partial charge in [-0.25, -0.2) is 4.39 Å². The molecule has 0 aliphatic carbocycles. The Balaban J connectivity index is 1.78. The van der Waals surface area contributed by atoms with Crippen molar-refractivity contribution in [3.8, 4) is 5.75 Å². The molecule has 1 N–H and O–H groups in total. The van der Waals surface area contributed by atoms with E-state index in [0.717, 1.165) is 4.47 Å². The summed E-state index contributed by atoms with van der Waals surface area (Å²) >= 11 is 3.32. The number of anilines is 2. The average molecular weight is 379 g/mol. The first-order valence-corrected chi connectivity index (χ1v) is 7.61. The number of para-hydroxylation sites is 1. The average Bonchev–Trinajstić information content (AvgIpc) is 2.52. The maximum atomic E-state index is 13.6. The molecule has 5 nitrogen and oxygen atoms in total. The van der Waals surface area contributed by atoms with E-state index in [-0.39, 0.29) is 24.7 Å². The Kier molecular flexibility index (Phi) is 4.29. The highest BCUT2D eigenvalue weighted by molar-refractivity contribution is 9.10. The summed E-state index contributed by atoms with van der Waals surface area (Å²) in [5.41, 5.74) is 0.586. The van der Waals surface area contributed by atoms with Crippen molar-refractivity contribution in [2.45, 2.75) is 0 Å². The van der Waals surface area contributed by atoms with Crippen LogP contribution in [0.1, 0.15) is 0 Å². The molecule has 1 aliphatic rings. The Hall–Kier alpha value is -2.41. The molecule has 2 amide bonds. The standard InChI is InChI=1S/C16H12BrFN2O3/c17-10-5-6-13-14(7-10)23-9-16(22)20(13)8-15(21)19-12-4-2-1-3-11(12)18/h1-7H,8-9H2,(H,19,21). The Labute approximate surface area is 140 Å². The van der Waals surface area contributed by atoms with Crippen molar-refractivity contribution in [2.75, 3.05) is 23.4 Å². The van der Waals surface area contributed by atoms with E-state index in [1.807, 2.05) is 0 Å². The van der Waals surface area contributed by atoms with Gasteiger partial charge in [-0.15, -0.1) is 0 Å². The van der Waals surface area contributed by atoms with Gasteiger partial charge in [0.2, 0.25) is 5.91 Å². The molecule has 0 aromatic heterocycles. The van der Waals surface area contributed by atoms with Gasteiger partial charge in [-0.05, 0) is 30.3 Å². The lowest BCUT2D eigenvalue weighted by atomic mass is 10.2.